The SMILES string of the molecule is C[C@@H](Sc1n[nH]c(-c2ccccc2)n1)C(=O)Nc1c(F)cccc1F. The number of carbonyl (C=O) groups excluding carboxylic acids is 1. The van der Waals surface area contributed by atoms with Gasteiger partial charge in [0.1, 0.15) is 17.3 Å². The van der Waals surface area contributed by atoms with Crippen molar-refractivity contribution in [3.63, 3.8) is 0 Å². The molecule has 0 saturated carbocycles. The number of nitrogens with one attached hydrogen (secondary N) is 2. The number of H-pyrrole nitrogens is 1. The first-order valence-electron chi connectivity index (χ1n) is 7.44. The van der Waals surface area contributed by atoms with Crippen LogP contribution in [0.1, 0.15) is 6.92 Å². The Morgan fingerprint density at radius 3 is 2.48 bits per heavy atom. The van der Waals surface area contributed by atoms with Gasteiger partial charge in [0.15, 0.2) is 5.82 Å². The lowest BCUT2D eigenvalue weighted by molar-refractivity contribution is -0.115. The number of aromatic nitrogens is 3. The second-order valence-corrected chi connectivity index (χ2v) is 6.49. The molecule has 0 saturated heterocycles. The number of rotatable bonds is 5. The number of aromatic amines is 1. The highest BCUT2D eigenvalue weighted by Crippen LogP contribution is 2.24. The van der Waals surface area contributed by atoms with E-state index in [4.69, 9.17) is 0 Å². The van der Waals surface area contributed by atoms with Gasteiger partial charge in [-0.25, -0.2) is 13.8 Å². The third-order valence-electron chi connectivity index (χ3n) is 3.37. The lowest BCUT2D eigenvalue weighted by Crippen LogP contribution is -2.23. The van der Waals surface area contributed by atoms with E-state index >= 15 is 0 Å². The molecule has 8 heteroatoms. The molecule has 1 amide bonds. The van der Waals surface area contributed by atoms with Crippen molar-refractivity contribution in [1.82, 2.24) is 15.2 Å². The van der Waals surface area contributed by atoms with Crippen LogP contribution in [0.25, 0.3) is 11.4 Å². The summed E-state index contributed by atoms with van der Waals surface area (Å²) in [5.74, 6) is -1.61. The summed E-state index contributed by atoms with van der Waals surface area (Å²) in [7, 11) is 0. The fourth-order valence-electron chi connectivity index (χ4n) is 2.08. The van der Waals surface area contributed by atoms with E-state index < -0.39 is 28.5 Å². The molecule has 0 bridgehead atoms. The molecule has 1 aromatic heterocycles. The van der Waals surface area contributed by atoms with Gasteiger partial charge in [0.05, 0.1) is 5.25 Å². The second-order valence-electron chi connectivity index (χ2n) is 5.18. The van der Waals surface area contributed by atoms with Crippen molar-refractivity contribution >= 4 is 23.4 Å². The van der Waals surface area contributed by atoms with Crippen LogP contribution >= 0.6 is 11.8 Å². The van der Waals surface area contributed by atoms with Crippen LogP contribution in [0.3, 0.4) is 0 Å². The Kier molecular flexibility index (Phi) is 5.08. The molecule has 0 aliphatic heterocycles. The standard InChI is InChI=1S/C17H14F2N4OS/c1-10(16(24)20-14-12(18)8-5-9-13(14)19)25-17-21-15(22-23-17)11-6-3-2-4-7-11/h2-10H,1H3,(H,20,24)(H,21,22,23)/t10-/m1/s1. The Balaban J connectivity index is 1.67. The number of para-hydroxylation sites is 1. The van der Waals surface area contributed by atoms with E-state index in [1.54, 1.807) is 6.92 Å². The van der Waals surface area contributed by atoms with E-state index in [0.717, 1.165) is 29.5 Å². The maximum Gasteiger partial charge on any atom is 0.237 e. The molecule has 3 aromatic rings. The number of carbonyl (C=O) groups is 1. The molecule has 2 N–H and O–H groups in total. The molecule has 25 heavy (non-hydrogen) atoms. The number of benzene rings is 2. The summed E-state index contributed by atoms with van der Waals surface area (Å²) < 4.78 is 27.2. The highest BCUT2D eigenvalue weighted by molar-refractivity contribution is 8.00. The number of hydrogen-bond acceptors (Lipinski definition) is 4. The predicted molar refractivity (Wildman–Crippen MR) is 92.1 cm³/mol. The van der Waals surface area contributed by atoms with Crippen LogP contribution in [0.4, 0.5) is 14.5 Å². The van der Waals surface area contributed by atoms with Crippen LogP contribution in [0.15, 0.2) is 53.7 Å². The molecule has 0 aliphatic rings. The summed E-state index contributed by atoms with van der Waals surface area (Å²) in [5, 5.41) is 8.85. The van der Waals surface area contributed by atoms with Crippen LogP contribution in [0, 0.1) is 11.6 Å². The van der Waals surface area contributed by atoms with Crippen LogP contribution in [-0.4, -0.2) is 26.3 Å². The summed E-state index contributed by atoms with van der Waals surface area (Å²) in [6.07, 6.45) is 0. The zero-order valence-corrected chi connectivity index (χ0v) is 14.0. The first-order chi connectivity index (χ1) is 12.0. The number of halogens is 2. The summed E-state index contributed by atoms with van der Waals surface area (Å²) >= 11 is 1.09. The fraction of sp³-hybridized carbons (Fsp3) is 0.118. The van der Waals surface area contributed by atoms with Crippen LogP contribution < -0.4 is 5.32 Å². The molecular weight excluding hydrogens is 346 g/mol. The minimum atomic E-state index is -0.824. The molecule has 1 atom stereocenters. The average Bonchev–Trinajstić information content (AvgIpc) is 3.07. The normalized spacial score (nSPS) is 12.0. The summed E-state index contributed by atoms with van der Waals surface area (Å²) in [4.78, 5) is 16.5. The van der Waals surface area contributed by atoms with Gasteiger partial charge in [-0.15, -0.1) is 5.10 Å². The van der Waals surface area contributed by atoms with E-state index in [1.807, 2.05) is 30.3 Å². The molecule has 0 unspecified atom stereocenters. The third kappa shape index (κ3) is 4.03. The third-order valence-corrected chi connectivity index (χ3v) is 4.34. The second kappa shape index (κ2) is 7.43. The Hall–Kier alpha value is -2.74. The first kappa shape index (κ1) is 17.1. The van der Waals surface area contributed by atoms with Crippen molar-refractivity contribution < 1.29 is 13.6 Å². The van der Waals surface area contributed by atoms with Crippen molar-refractivity contribution in [3.05, 3.63) is 60.2 Å². The minimum Gasteiger partial charge on any atom is -0.320 e. The van der Waals surface area contributed by atoms with Gasteiger partial charge >= 0.3 is 0 Å². The van der Waals surface area contributed by atoms with Crippen molar-refractivity contribution in [1.29, 1.82) is 0 Å². The number of nitrogens with zero attached hydrogens (tertiary/aromatic N) is 2. The number of anilines is 1. The topological polar surface area (TPSA) is 70.7 Å². The Morgan fingerprint density at radius 2 is 1.80 bits per heavy atom. The van der Waals surface area contributed by atoms with Crippen LogP contribution in [0.5, 0.6) is 0 Å². The lowest BCUT2D eigenvalue weighted by Gasteiger charge is -2.11. The summed E-state index contributed by atoms with van der Waals surface area (Å²) in [6, 6.07) is 12.8. The maximum absolute atomic E-state index is 13.6. The smallest absolute Gasteiger partial charge is 0.237 e. The van der Waals surface area contributed by atoms with E-state index in [-0.39, 0.29) is 0 Å². The largest absolute Gasteiger partial charge is 0.320 e. The van der Waals surface area contributed by atoms with Gasteiger partial charge in [-0.05, 0) is 19.1 Å². The number of thioether (sulfide) groups is 1. The summed E-state index contributed by atoms with van der Waals surface area (Å²) in [6.45, 7) is 1.61. The van der Waals surface area contributed by atoms with E-state index in [0.29, 0.717) is 11.0 Å². The summed E-state index contributed by atoms with van der Waals surface area (Å²) in [5.41, 5.74) is 0.410. The zero-order valence-electron chi connectivity index (χ0n) is 13.2. The Bertz CT molecular complexity index is 865. The fourth-order valence-corrected chi connectivity index (χ4v) is 2.80. The van der Waals surface area contributed by atoms with E-state index in [2.05, 4.69) is 20.5 Å². The van der Waals surface area contributed by atoms with E-state index in [1.165, 1.54) is 6.07 Å². The molecule has 0 radical (unpaired) electrons. The van der Waals surface area contributed by atoms with Crippen molar-refractivity contribution in [2.45, 2.75) is 17.3 Å². The number of amides is 1. The predicted octanol–water partition coefficient (Wildman–Crippen LogP) is 3.87. The monoisotopic (exact) mass is 360 g/mol. The number of hydrogen-bond donors (Lipinski definition) is 2. The van der Waals surface area contributed by atoms with Crippen molar-refractivity contribution in [3.8, 4) is 11.4 Å². The molecule has 0 fully saturated rings. The lowest BCUT2D eigenvalue weighted by atomic mass is 10.2. The molecule has 1 heterocycles. The van der Waals surface area contributed by atoms with Gasteiger partial charge in [0.25, 0.3) is 0 Å². The van der Waals surface area contributed by atoms with Crippen LogP contribution in [-0.2, 0) is 4.79 Å². The average molecular weight is 360 g/mol. The van der Waals surface area contributed by atoms with Crippen LogP contribution in [0.2, 0.25) is 0 Å². The van der Waals surface area contributed by atoms with Gasteiger partial charge in [-0.2, -0.15) is 0 Å². The Labute approximate surface area is 146 Å². The quantitative estimate of drug-likeness (QED) is 0.678. The Morgan fingerprint density at radius 1 is 1.12 bits per heavy atom. The molecular formula is C17H14F2N4OS. The highest BCUT2D eigenvalue weighted by atomic mass is 32.2. The zero-order chi connectivity index (χ0) is 17.8. The van der Waals surface area contributed by atoms with Gasteiger partial charge in [-0.1, -0.05) is 48.2 Å². The molecule has 2 aromatic carbocycles. The molecule has 0 spiro atoms. The molecule has 128 valence electrons. The van der Waals surface area contributed by atoms with Gasteiger partial charge < -0.3 is 5.32 Å². The minimum absolute atomic E-state index is 0.371. The van der Waals surface area contributed by atoms with Gasteiger partial charge in [0.2, 0.25) is 11.1 Å². The molecule has 0 aliphatic carbocycles. The maximum atomic E-state index is 13.6. The van der Waals surface area contributed by atoms with E-state index in [9.17, 15) is 13.6 Å². The van der Waals surface area contributed by atoms with Crippen molar-refractivity contribution in [2.75, 3.05) is 5.32 Å². The van der Waals surface area contributed by atoms with Gasteiger partial charge in [-0.3, -0.25) is 9.89 Å². The van der Waals surface area contributed by atoms with Gasteiger partial charge in [0, 0.05) is 5.56 Å². The molecule has 3 rings (SSSR count). The first-order valence-corrected chi connectivity index (χ1v) is 8.32. The van der Waals surface area contributed by atoms with Crippen molar-refractivity contribution in [2.24, 2.45) is 0 Å². The molecule has 5 nitrogen and oxygen atoms in total. The highest BCUT2D eigenvalue weighted by Gasteiger charge is 2.20.